The lowest BCUT2D eigenvalue weighted by Gasteiger charge is -2.27. The van der Waals surface area contributed by atoms with Crippen LogP contribution in [0, 0.1) is 5.92 Å². The molecule has 0 saturated heterocycles. The lowest BCUT2D eigenvalue weighted by Crippen LogP contribution is -2.14. The molecule has 0 spiro atoms. The number of aliphatic hydroxyl groups excluding tert-OH is 1. The van der Waals surface area contributed by atoms with E-state index in [0.717, 1.165) is 17.9 Å². The molecule has 0 aliphatic heterocycles. The van der Waals surface area contributed by atoms with Crippen molar-refractivity contribution in [3.05, 3.63) is 24.0 Å². The van der Waals surface area contributed by atoms with Crippen molar-refractivity contribution in [1.29, 1.82) is 0 Å². The first-order valence-electron chi connectivity index (χ1n) is 4.81. The summed E-state index contributed by atoms with van der Waals surface area (Å²) < 4.78 is 0. The van der Waals surface area contributed by atoms with Crippen LogP contribution in [0.1, 0.15) is 37.4 Å². The fourth-order valence-corrected chi connectivity index (χ4v) is 1.68. The number of hydrogen-bond acceptors (Lipinski definition) is 3. The Morgan fingerprint density at radius 1 is 1.46 bits per heavy atom. The van der Waals surface area contributed by atoms with Gasteiger partial charge < -0.3 is 5.11 Å². The normalized spacial score (nSPS) is 19.5. The quantitative estimate of drug-likeness (QED) is 0.766. The molecule has 0 aromatic carbocycles. The lowest BCUT2D eigenvalue weighted by atomic mass is 9.80. The Morgan fingerprint density at radius 3 is 2.85 bits per heavy atom. The predicted molar refractivity (Wildman–Crippen MR) is 48.9 cm³/mol. The van der Waals surface area contributed by atoms with Gasteiger partial charge in [-0.3, -0.25) is 0 Å². The Morgan fingerprint density at radius 2 is 2.31 bits per heavy atom. The first kappa shape index (κ1) is 8.63. The number of rotatable bonds is 3. The van der Waals surface area contributed by atoms with E-state index < -0.39 is 0 Å². The highest BCUT2D eigenvalue weighted by molar-refractivity contribution is 5.09. The summed E-state index contributed by atoms with van der Waals surface area (Å²) in [6.45, 7) is 0. The molecule has 1 aromatic rings. The molecule has 1 aliphatic rings. The minimum atomic E-state index is -0.346. The van der Waals surface area contributed by atoms with Crippen LogP contribution in [0.3, 0.4) is 0 Å². The van der Waals surface area contributed by atoms with Crippen LogP contribution in [0.5, 0.6) is 0 Å². The van der Waals surface area contributed by atoms with Crippen LogP contribution < -0.4 is 0 Å². The third-order valence-electron chi connectivity index (χ3n) is 2.77. The summed E-state index contributed by atoms with van der Waals surface area (Å²) >= 11 is 0. The molecule has 0 radical (unpaired) electrons. The summed E-state index contributed by atoms with van der Waals surface area (Å²) in [6.07, 6.45) is 7.67. The van der Waals surface area contributed by atoms with Gasteiger partial charge in [-0.2, -0.15) is 10.2 Å². The van der Waals surface area contributed by atoms with Gasteiger partial charge in [-0.05, 0) is 18.4 Å². The van der Waals surface area contributed by atoms with Gasteiger partial charge in [0.15, 0.2) is 0 Å². The second kappa shape index (κ2) is 3.83. The van der Waals surface area contributed by atoms with Gasteiger partial charge in [-0.15, -0.1) is 0 Å². The van der Waals surface area contributed by atoms with Gasteiger partial charge in [0.1, 0.15) is 0 Å². The minimum Gasteiger partial charge on any atom is -0.388 e. The highest BCUT2D eigenvalue weighted by Crippen LogP contribution is 2.34. The lowest BCUT2D eigenvalue weighted by molar-refractivity contribution is 0.118. The molecule has 13 heavy (non-hydrogen) atoms. The third kappa shape index (κ3) is 2.04. The number of hydrogen-bond donors (Lipinski definition) is 1. The van der Waals surface area contributed by atoms with Crippen molar-refractivity contribution in [2.75, 3.05) is 0 Å². The molecular weight excluding hydrogens is 164 g/mol. The van der Waals surface area contributed by atoms with E-state index in [-0.39, 0.29) is 6.10 Å². The van der Waals surface area contributed by atoms with Crippen molar-refractivity contribution in [1.82, 2.24) is 10.2 Å². The Labute approximate surface area is 77.8 Å². The summed E-state index contributed by atoms with van der Waals surface area (Å²) in [6, 6.07) is 1.83. The van der Waals surface area contributed by atoms with Gasteiger partial charge in [-0.1, -0.05) is 19.3 Å². The summed E-state index contributed by atoms with van der Waals surface area (Å²) in [5, 5.41) is 17.2. The first-order valence-corrected chi connectivity index (χ1v) is 4.81. The number of aliphatic hydroxyl groups is 1. The van der Waals surface area contributed by atoms with Crippen LogP contribution >= 0.6 is 0 Å². The van der Waals surface area contributed by atoms with E-state index in [1.807, 2.05) is 6.07 Å². The predicted octanol–water partition coefficient (Wildman–Crippen LogP) is 1.70. The van der Waals surface area contributed by atoms with Crippen LogP contribution in [-0.4, -0.2) is 15.3 Å². The van der Waals surface area contributed by atoms with Gasteiger partial charge in [0.05, 0.1) is 12.3 Å². The smallest absolute Gasteiger partial charge is 0.0808 e. The first-order chi connectivity index (χ1) is 6.36. The third-order valence-corrected chi connectivity index (χ3v) is 2.77. The SMILES string of the molecule is OC(CC1CCC1)c1ccnnc1. The topological polar surface area (TPSA) is 46.0 Å². The summed E-state index contributed by atoms with van der Waals surface area (Å²) in [7, 11) is 0. The average Bonchev–Trinajstić information content (AvgIpc) is 2.12. The molecule has 70 valence electrons. The molecule has 2 rings (SSSR count). The van der Waals surface area contributed by atoms with Gasteiger partial charge in [0.25, 0.3) is 0 Å². The Bertz CT molecular complexity index is 259. The molecule has 0 bridgehead atoms. The maximum absolute atomic E-state index is 9.79. The van der Waals surface area contributed by atoms with Crippen LogP contribution in [0.15, 0.2) is 18.5 Å². The van der Waals surface area contributed by atoms with Gasteiger partial charge in [0, 0.05) is 11.8 Å². The van der Waals surface area contributed by atoms with Crippen molar-refractivity contribution in [3.8, 4) is 0 Å². The fourth-order valence-electron chi connectivity index (χ4n) is 1.68. The fraction of sp³-hybridized carbons (Fsp3) is 0.600. The molecule has 1 heterocycles. The van der Waals surface area contributed by atoms with Crippen molar-refractivity contribution in [3.63, 3.8) is 0 Å². The minimum absolute atomic E-state index is 0.346. The Kier molecular flexibility index (Phi) is 2.54. The molecule has 1 aromatic heterocycles. The van der Waals surface area contributed by atoms with Crippen LogP contribution in [0.2, 0.25) is 0 Å². The summed E-state index contributed by atoms with van der Waals surface area (Å²) in [5.74, 6) is 0.725. The van der Waals surface area contributed by atoms with Crippen LogP contribution in [0.4, 0.5) is 0 Å². The Balaban J connectivity index is 1.92. The highest BCUT2D eigenvalue weighted by Gasteiger charge is 2.21. The maximum Gasteiger partial charge on any atom is 0.0808 e. The summed E-state index contributed by atoms with van der Waals surface area (Å²) in [5.41, 5.74) is 0.891. The largest absolute Gasteiger partial charge is 0.388 e. The second-order valence-electron chi connectivity index (χ2n) is 3.72. The van der Waals surface area contributed by atoms with Gasteiger partial charge in [0.2, 0.25) is 0 Å². The molecule has 1 saturated carbocycles. The zero-order valence-electron chi connectivity index (χ0n) is 7.56. The molecule has 1 atom stereocenters. The molecule has 0 amide bonds. The summed E-state index contributed by atoms with van der Waals surface area (Å²) in [4.78, 5) is 0. The highest BCUT2D eigenvalue weighted by atomic mass is 16.3. The van der Waals surface area contributed by atoms with Crippen molar-refractivity contribution in [2.45, 2.75) is 31.8 Å². The van der Waals surface area contributed by atoms with Crippen molar-refractivity contribution in [2.24, 2.45) is 5.92 Å². The monoisotopic (exact) mass is 178 g/mol. The Hall–Kier alpha value is -0.960. The molecule has 1 unspecified atom stereocenters. The van der Waals surface area contributed by atoms with E-state index in [0.29, 0.717) is 0 Å². The number of nitrogens with zero attached hydrogens (tertiary/aromatic N) is 2. The van der Waals surface area contributed by atoms with Gasteiger partial charge in [-0.25, -0.2) is 0 Å². The van der Waals surface area contributed by atoms with E-state index >= 15 is 0 Å². The van der Waals surface area contributed by atoms with Crippen LogP contribution in [0.25, 0.3) is 0 Å². The molecule has 1 fully saturated rings. The van der Waals surface area contributed by atoms with E-state index in [4.69, 9.17) is 0 Å². The zero-order valence-corrected chi connectivity index (χ0v) is 7.56. The van der Waals surface area contributed by atoms with E-state index in [1.54, 1.807) is 12.4 Å². The zero-order chi connectivity index (χ0) is 9.10. The molecule has 3 heteroatoms. The number of aromatic nitrogens is 2. The van der Waals surface area contributed by atoms with Crippen molar-refractivity contribution < 1.29 is 5.11 Å². The molecule has 1 N–H and O–H groups in total. The molecule has 3 nitrogen and oxygen atoms in total. The van der Waals surface area contributed by atoms with Crippen LogP contribution in [-0.2, 0) is 0 Å². The second-order valence-corrected chi connectivity index (χ2v) is 3.72. The van der Waals surface area contributed by atoms with Crippen molar-refractivity contribution >= 4 is 0 Å². The standard InChI is InChI=1S/C10H14N2O/c13-10(6-8-2-1-3-8)9-4-5-11-12-7-9/h4-5,7-8,10,13H,1-3,6H2. The van der Waals surface area contributed by atoms with E-state index in [1.165, 1.54) is 19.3 Å². The maximum atomic E-state index is 9.79. The molecular formula is C10H14N2O. The molecule has 1 aliphatic carbocycles. The average molecular weight is 178 g/mol. The van der Waals surface area contributed by atoms with E-state index in [9.17, 15) is 5.11 Å². The van der Waals surface area contributed by atoms with E-state index in [2.05, 4.69) is 10.2 Å². The van der Waals surface area contributed by atoms with Gasteiger partial charge >= 0.3 is 0 Å².